The Morgan fingerprint density at radius 3 is 2.54 bits per heavy atom. The van der Waals surface area contributed by atoms with Crippen LogP contribution in [0.2, 0.25) is 0 Å². The molecule has 1 aliphatic rings. The third-order valence-corrected chi connectivity index (χ3v) is 5.14. The zero-order chi connectivity index (χ0) is 20.3. The summed E-state index contributed by atoms with van der Waals surface area (Å²) < 4.78 is 5.70. The third kappa shape index (κ3) is 3.73. The maximum Gasteiger partial charge on any atom is 0.325 e. The first-order valence-corrected chi connectivity index (χ1v) is 9.45. The van der Waals surface area contributed by atoms with Gasteiger partial charge in [-0.15, -0.1) is 0 Å². The average molecular weight is 382 g/mol. The number of benzene rings is 2. The van der Waals surface area contributed by atoms with E-state index in [0.29, 0.717) is 12.2 Å². The van der Waals surface area contributed by atoms with Gasteiger partial charge in [0.05, 0.1) is 6.54 Å². The Bertz CT molecular complexity index is 868. The first kappa shape index (κ1) is 19.9. The molecule has 1 saturated heterocycles. The minimum atomic E-state index is -1.09. The van der Waals surface area contributed by atoms with Gasteiger partial charge < -0.3 is 15.2 Å². The highest BCUT2D eigenvalue weighted by Gasteiger charge is 2.51. The number of ether oxygens (including phenoxy) is 1. The second-order valence-corrected chi connectivity index (χ2v) is 7.20. The highest BCUT2D eigenvalue weighted by Crippen LogP contribution is 2.32. The Morgan fingerprint density at radius 2 is 1.86 bits per heavy atom. The quantitative estimate of drug-likeness (QED) is 0.722. The number of carbonyl (C=O) groups is 2. The normalized spacial score (nSPS) is 20.2. The van der Waals surface area contributed by atoms with Crippen LogP contribution in [-0.2, 0) is 10.3 Å². The lowest BCUT2D eigenvalue weighted by Crippen LogP contribution is -2.44. The summed E-state index contributed by atoms with van der Waals surface area (Å²) in [4.78, 5) is 26.6. The van der Waals surface area contributed by atoms with E-state index in [2.05, 4.69) is 5.32 Å². The summed E-state index contributed by atoms with van der Waals surface area (Å²) in [7, 11) is 0. The van der Waals surface area contributed by atoms with Gasteiger partial charge in [0, 0.05) is 0 Å². The number of rotatable bonds is 7. The van der Waals surface area contributed by atoms with Crippen molar-refractivity contribution in [2.45, 2.75) is 38.8 Å². The SMILES string of the molecule is CCC1(c2ccccc2)NC(=O)N(CC(O)COc2cc(C)ccc2C)C1=O. The van der Waals surface area contributed by atoms with Crippen molar-refractivity contribution < 1.29 is 19.4 Å². The first-order valence-electron chi connectivity index (χ1n) is 9.45. The van der Waals surface area contributed by atoms with Crippen LogP contribution in [0.5, 0.6) is 5.75 Å². The molecule has 148 valence electrons. The summed E-state index contributed by atoms with van der Waals surface area (Å²) in [6, 6.07) is 14.5. The lowest BCUT2D eigenvalue weighted by Gasteiger charge is -2.26. The highest BCUT2D eigenvalue weighted by molar-refractivity contribution is 6.07. The van der Waals surface area contributed by atoms with Gasteiger partial charge in [-0.05, 0) is 43.0 Å². The van der Waals surface area contributed by atoms with Crippen molar-refractivity contribution in [1.29, 1.82) is 0 Å². The van der Waals surface area contributed by atoms with E-state index in [0.717, 1.165) is 21.6 Å². The van der Waals surface area contributed by atoms with Crippen molar-refractivity contribution in [1.82, 2.24) is 10.2 Å². The fourth-order valence-corrected chi connectivity index (χ4v) is 3.47. The molecule has 0 aliphatic carbocycles. The van der Waals surface area contributed by atoms with Crippen LogP contribution < -0.4 is 10.1 Å². The number of aliphatic hydroxyl groups excluding tert-OH is 1. The fourth-order valence-electron chi connectivity index (χ4n) is 3.47. The van der Waals surface area contributed by atoms with Crippen LogP contribution in [0.15, 0.2) is 48.5 Å². The molecule has 28 heavy (non-hydrogen) atoms. The van der Waals surface area contributed by atoms with E-state index in [9.17, 15) is 14.7 Å². The monoisotopic (exact) mass is 382 g/mol. The largest absolute Gasteiger partial charge is 0.491 e. The molecule has 2 unspecified atom stereocenters. The molecule has 6 heteroatoms. The van der Waals surface area contributed by atoms with Gasteiger partial charge in [-0.2, -0.15) is 0 Å². The topological polar surface area (TPSA) is 78.9 Å². The van der Waals surface area contributed by atoms with Crippen LogP contribution in [0.4, 0.5) is 4.79 Å². The van der Waals surface area contributed by atoms with Crippen molar-refractivity contribution in [3.8, 4) is 5.75 Å². The molecular formula is C22H26N2O4. The summed E-state index contributed by atoms with van der Waals surface area (Å²) in [5.41, 5.74) is 1.66. The molecule has 2 N–H and O–H groups in total. The number of aryl methyl sites for hydroxylation is 2. The number of nitrogens with one attached hydrogen (secondary N) is 1. The number of β-amino-alcohol motifs (C(OH)–C–C–N with tert-alkyl or cyclic N) is 1. The predicted molar refractivity (Wildman–Crippen MR) is 106 cm³/mol. The molecule has 2 aromatic rings. The minimum Gasteiger partial charge on any atom is -0.491 e. The van der Waals surface area contributed by atoms with E-state index in [4.69, 9.17) is 4.74 Å². The highest BCUT2D eigenvalue weighted by atomic mass is 16.5. The molecule has 0 saturated carbocycles. The maximum atomic E-state index is 13.1. The van der Waals surface area contributed by atoms with Crippen molar-refractivity contribution in [3.05, 3.63) is 65.2 Å². The van der Waals surface area contributed by atoms with Gasteiger partial charge in [0.15, 0.2) is 0 Å². The molecular weight excluding hydrogens is 356 g/mol. The molecule has 0 spiro atoms. The molecule has 2 atom stereocenters. The van der Waals surface area contributed by atoms with E-state index in [-0.39, 0.29) is 19.1 Å². The van der Waals surface area contributed by atoms with Crippen LogP contribution in [0, 0.1) is 13.8 Å². The summed E-state index contributed by atoms with van der Waals surface area (Å²) >= 11 is 0. The molecule has 2 aromatic carbocycles. The summed E-state index contributed by atoms with van der Waals surface area (Å²) in [5, 5.41) is 13.2. The Morgan fingerprint density at radius 1 is 1.14 bits per heavy atom. The fraction of sp³-hybridized carbons (Fsp3) is 0.364. The van der Waals surface area contributed by atoms with Gasteiger partial charge in [-0.3, -0.25) is 9.69 Å². The minimum absolute atomic E-state index is 0.00812. The lowest BCUT2D eigenvalue weighted by molar-refractivity contribution is -0.132. The van der Waals surface area contributed by atoms with Crippen molar-refractivity contribution >= 4 is 11.9 Å². The van der Waals surface area contributed by atoms with Crippen LogP contribution in [0.1, 0.15) is 30.0 Å². The molecule has 6 nitrogen and oxygen atoms in total. The number of nitrogens with zero attached hydrogens (tertiary/aromatic N) is 1. The van der Waals surface area contributed by atoms with Crippen molar-refractivity contribution in [2.24, 2.45) is 0 Å². The maximum absolute atomic E-state index is 13.1. The Hall–Kier alpha value is -2.86. The van der Waals surface area contributed by atoms with Gasteiger partial charge in [-0.1, -0.05) is 49.4 Å². The summed E-state index contributed by atoms with van der Waals surface area (Å²) in [6.07, 6.45) is -0.564. The number of urea groups is 1. The summed E-state index contributed by atoms with van der Waals surface area (Å²) in [5.74, 6) is 0.334. The standard InChI is InChI=1S/C22H26N2O4/c1-4-22(17-8-6-5-7-9-17)20(26)24(21(27)23-22)13-18(25)14-28-19-12-15(2)10-11-16(19)3/h5-12,18,25H,4,13-14H2,1-3H3,(H,23,27). The van der Waals surface area contributed by atoms with E-state index >= 15 is 0 Å². The smallest absolute Gasteiger partial charge is 0.325 e. The number of hydrogen-bond donors (Lipinski definition) is 2. The first-order chi connectivity index (χ1) is 13.4. The molecule has 0 bridgehead atoms. The van der Waals surface area contributed by atoms with Crippen LogP contribution in [0.3, 0.4) is 0 Å². The van der Waals surface area contributed by atoms with E-state index in [1.807, 2.05) is 69.3 Å². The molecule has 0 radical (unpaired) electrons. The van der Waals surface area contributed by atoms with E-state index in [1.165, 1.54) is 0 Å². The second kappa shape index (κ2) is 8.02. The zero-order valence-corrected chi connectivity index (χ0v) is 16.4. The molecule has 3 rings (SSSR count). The molecule has 1 fully saturated rings. The van der Waals surface area contributed by atoms with Gasteiger partial charge in [0.2, 0.25) is 0 Å². The second-order valence-electron chi connectivity index (χ2n) is 7.20. The molecule has 1 heterocycles. The van der Waals surface area contributed by atoms with Gasteiger partial charge in [0.25, 0.3) is 5.91 Å². The Balaban J connectivity index is 1.69. The zero-order valence-electron chi connectivity index (χ0n) is 16.4. The summed E-state index contributed by atoms with van der Waals surface area (Å²) in [6.45, 7) is 5.61. The lowest BCUT2D eigenvalue weighted by atomic mass is 9.87. The van der Waals surface area contributed by atoms with Crippen LogP contribution in [-0.4, -0.2) is 41.2 Å². The number of aliphatic hydroxyl groups is 1. The molecule has 0 aromatic heterocycles. The van der Waals surface area contributed by atoms with E-state index < -0.39 is 17.7 Å². The van der Waals surface area contributed by atoms with Gasteiger partial charge >= 0.3 is 6.03 Å². The van der Waals surface area contributed by atoms with Crippen LogP contribution >= 0.6 is 0 Å². The number of hydrogen-bond acceptors (Lipinski definition) is 4. The molecule has 1 aliphatic heterocycles. The Kier molecular flexibility index (Phi) is 5.70. The Labute approximate surface area is 165 Å². The number of imide groups is 1. The van der Waals surface area contributed by atoms with E-state index in [1.54, 1.807) is 0 Å². The predicted octanol–water partition coefficient (Wildman–Crippen LogP) is 2.90. The van der Waals surface area contributed by atoms with Crippen molar-refractivity contribution in [3.63, 3.8) is 0 Å². The molecule has 3 amide bonds. The van der Waals surface area contributed by atoms with Gasteiger partial charge in [0.1, 0.15) is 24.0 Å². The number of carbonyl (C=O) groups excluding carboxylic acids is 2. The van der Waals surface area contributed by atoms with Crippen molar-refractivity contribution in [2.75, 3.05) is 13.2 Å². The number of amides is 3. The average Bonchev–Trinajstić information content (AvgIpc) is 2.94. The third-order valence-electron chi connectivity index (χ3n) is 5.14. The van der Waals surface area contributed by atoms with Crippen LogP contribution in [0.25, 0.3) is 0 Å². The van der Waals surface area contributed by atoms with Gasteiger partial charge in [-0.25, -0.2) is 4.79 Å².